The Hall–Kier alpha value is -3.92. The molecular formula is C20H16N4O3. The van der Waals surface area contributed by atoms with Gasteiger partial charge in [0, 0.05) is 34.5 Å². The van der Waals surface area contributed by atoms with E-state index in [4.69, 9.17) is 10.5 Å². The van der Waals surface area contributed by atoms with E-state index >= 15 is 0 Å². The maximum atomic E-state index is 11.0. The molecule has 0 fully saturated rings. The van der Waals surface area contributed by atoms with Gasteiger partial charge in [0.1, 0.15) is 23.2 Å². The molecule has 2 aromatic carbocycles. The Kier molecular flexibility index (Phi) is 4.73. The maximum Gasteiger partial charge on any atom is 0.269 e. The fourth-order valence-corrected chi connectivity index (χ4v) is 3.06. The van der Waals surface area contributed by atoms with Gasteiger partial charge in [0.2, 0.25) is 0 Å². The highest BCUT2D eigenvalue weighted by molar-refractivity contribution is 5.92. The van der Waals surface area contributed by atoms with Crippen molar-refractivity contribution in [3.8, 4) is 34.1 Å². The lowest BCUT2D eigenvalue weighted by Crippen LogP contribution is -2.04. The summed E-state index contributed by atoms with van der Waals surface area (Å²) in [5, 5.41) is 20.6. The van der Waals surface area contributed by atoms with Crippen LogP contribution >= 0.6 is 0 Å². The third-order valence-electron chi connectivity index (χ3n) is 4.26. The molecule has 3 rings (SSSR count). The fourth-order valence-electron chi connectivity index (χ4n) is 3.06. The number of benzene rings is 2. The van der Waals surface area contributed by atoms with Crippen LogP contribution in [0.2, 0.25) is 0 Å². The van der Waals surface area contributed by atoms with E-state index in [0.29, 0.717) is 28.1 Å². The molecule has 0 atom stereocenters. The first-order valence-corrected chi connectivity index (χ1v) is 8.06. The van der Waals surface area contributed by atoms with E-state index in [-0.39, 0.29) is 17.1 Å². The van der Waals surface area contributed by atoms with Crippen LogP contribution in [-0.2, 0) is 0 Å². The number of nitrogens with two attached hydrogens (primary N) is 1. The van der Waals surface area contributed by atoms with Crippen molar-refractivity contribution in [3.05, 3.63) is 69.9 Å². The van der Waals surface area contributed by atoms with Crippen molar-refractivity contribution in [2.45, 2.75) is 6.92 Å². The summed E-state index contributed by atoms with van der Waals surface area (Å²) in [5.74, 6) is 0.737. The topological polar surface area (TPSA) is 115 Å². The van der Waals surface area contributed by atoms with Gasteiger partial charge in [-0.15, -0.1) is 0 Å². The standard InChI is InChI=1S/C20H16N4O3/c1-12-18(15-5-3-4-6-17(15)27-2)19(16(11-21)20(22)23-12)13-7-9-14(10-8-13)24(25)26/h3-10H,1-2H3,(H2,22,23). The van der Waals surface area contributed by atoms with Crippen molar-refractivity contribution in [1.82, 2.24) is 4.98 Å². The lowest BCUT2D eigenvalue weighted by Gasteiger charge is -2.18. The zero-order chi connectivity index (χ0) is 19.6. The summed E-state index contributed by atoms with van der Waals surface area (Å²) in [7, 11) is 1.57. The van der Waals surface area contributed by atoms with Crippen LogP contribution in [0.15, 0.2) is 48.5 Å². The van der Waals surface area contributed by atoms with Gasteiger partial charge in [0.15, 0.2) is 0 Å². The minimum atomic E-state index is -0.470. The first-order chi connectivity index (χ1) is 13.0. The van der Waals surface area contributed by atoms with Crippen molar-refractivity contribution < 1.29 is 9.66 Å². The van der Waals surface area contributed by atoms with Crippen molar-refractivity contribution in [3.63, 3.8) is 0 Å². The van der Waals surface area contributed by atoms with Gasteiger partial charge >= 0.3 is 0 Å². The van der Waals surface area contributed by atoms with E-state index in [1.165, 1.54) is 12.1 Å². The number of rotatable bonds is 4. The van der Waals surface area contributed by atoms with Gasteiger partial charge < -0.3 is 10.5 Å². The molecule has 134 valence electrons. The average molecular weight is 360 g/mol. The summed E-state index contributed by atoms with van der Waals surface area (Å²) in [6.45, 7) is 1.80. The molecule has 0 unspecified atom stereocenters. The van der Waals surface area contributed by atoms with Crippen molar-refractivity contribution in [1.29, 1.82) is 5.26 Å². The lowest BCUT2D eigenvalue weighted by molar-refractivity contribution is -0.384. The second-order valence-corrected chi connectivity index (χ2v) is 5.82. The number of ether oxygens (including phenoxy) is 1. The molecule has 7 nitrogen and oxygen atoms in total. The molecule has 7 heteroatoms. The number of nitrogens with zero attached hydrogens (tertiary/aromatic N) is 3. The van der Waals surface area contributed by atoms with Gasteiger partial charge in [-0.25, -0.2) is 4.98 Å². The summed E-state index contributed by atoms with van der Waals surface area (Å²) in [6, 6.07) is 15.5. The third-order valence-corrected chi connectivity index (χ3v) is 4.26. The summed E-state index contributed by atoms with van der Waals surface area (Å²) >= 11 is 0. The number of nitrogen functional groups attached to an aromatic ring is 1. The van der Waals surface area contributed by atoms with E-state index in [9.17, 15) is 15.4 Å². The number of aromatic nitrogens is 1. The summed E-state index contributed by atoms with van der Waals surface area (Å²) in [5.41, 5.74) is 9.47. The summed E-state index contributed by atoms with van der Waals surface area (Å²) in [4.78, 5) is 14.8. The lowest BCUT2D eigenvalue weighted by atomic mass is 9.89. The van der Waals surface area contributed by atoms with E-state index in [0.717, 1.165) is 5.56 Å². The van der Waals surface area contributed by atoms with Crippen LogP contribution in [0, 0.1) is 28.4 Å². The second-order valence-electron chi connectivity index (χ2n) is 5.82. The number of non-ortho nitro benzene ring substituents is 1. The molecule has 0 radical (unpaired) electrons. The van der Waals surface area contributed by atoms with Crippen LogP contribution in [-0.4, -0.2) is 17.0 Å². The van der Waals surface area contributed by atoms with Crippen molar-refractivity contribution in [2.24, 2.45) is 0 Å². The van der Waals surface area contributed by atoms with Crippen LogP contribution in [0.3, 0.4) is 0 Å². The summed E-state index contributed by atoms with van der Waals surface area (Å²) in [6.07, 6.45) is 0. The van der Waals surface area contributed by atoms with Gasteiger partial charge in [0.25, 0.3) is 5.69 Å². The Morgan fingerprint density at radius 1 is 1.15 bits per heavy atom. The van der Waals surface area contributed by atoms with E-state index in [1.54, 1.807) is 26.2 Å². The molecule has 2 N–H and O–H groups in total. The molecule has 0 saturated heterocycles. The number of pyridine rings is 1. The van der Waals surface area contributed by atoms with Crippen molar-refractivity contribution >= 4 is 11.5 Å². The van der Waals surface area contributed by atoms with E-state index < -0.39 is 4.92 Å². The molecule has 1 aromatic heterocycles. The highest BCUT2D eigenvalue weighted by Crippen LogP contribution is 2.42. The van der Waals surface area contributed by atoms with Crippen LogP contribution in [0.1, 0.15) is 11.3 Å². The van der Waals surface area contributed by atoms with Gasteiger partial charge in [-0.05, 0) is 30.7 Å². The van der Waals surface area contributed by atoms with Gasteiger partial charge in [0.05, 0.1) is 12.0 Å². The Labute approximate surface area is 155 Å². The minimum Gasteiger partial charge on any atom is -0.496 e. The minimum absolute atomic E-state index is 0.0325. The zero-order valence-electron chi connectivity index (χ0n) is 14.8. The van der Waals surface area contributed by atoms with Gasteiger partial charge in [-0.2, -0.15) is 5.26 Å². The predicted molar refractivity (Wildman–Crippen MR) is 102 cm³/mol. The molecule has 3 aromatic rings. The molecule has 0 spiro atoms. The Bertz CT molecular complexity index is 1070. The first-order valence-electron chi connectivity index (χ1n) is 8.06. The molecule has 0 aliphatic rings. The second kappa shape index (κ2) is 7.14. The maximum absolute atomic E-state index is 11.0. The van der Waals surface area contributed by atoms with Crippen LogP contribution in [0.5, 0.6) is 5.75 Å². The zero-order valence-corrected chi connectivity index (χ0v) is 14.8. The SMILES string of the molecule is COc1ccccc1-c1c(C)nc(N)c(C#N)c1-c1ccc([N+](=O)[O-])cc1. The highest BCUT2D eigenvalue weighted by atomic mass is 16.6. The Morgan fingerprint density at radius 2 is 1.81 bits per heavy atom. The quantitative estimate of drug-likeness (QED) is 0.553. The Balaban J connectivity index is 2.38. The average Bonchev–Trinajstić information content (AvgIpc) is 2.67. The largest absolute Gasteiger partial charge is 0.496 e. The molecule has 0 amide bonds. The number of hydrogen-bond acceptors (Lipinski definition) is 6. The Morgan fingerprint density at radius 3 is 2.41 bits per heavy atom. The molecule has 27 heavy (non-hydrogen) atoms. The molecule has 1 heterocycles. The number of aryl methyl sites for hydroxylation is 1. The molecule has 0 saturated carbocycles. The highest BCUT2D eigenvalue weighted by Gasteiger charge is 2.22. The number of methoxy groups -OCH3 is 1. The van der Waals surface area contributed by atoms with E-state index in [1.807, 2.05) is 24.3 Å². The first kappa shape index (κ1) is 17.9. The number of hydrogen-bond donors (Lipinski definition) is 1. The molecule has 0 bridgehead atoms. The number of nitriles is 1. The fraction of sp³-hybridized carbons (Fsp3) is 0.100. The monoisotopic (exact) mass is 360 g/mol. The number of para-hydroxylation sites is 1. The van der Waals surface area contributed by atoms with Crippen molar-refractivity contribution in [2.75, 3.05) is 12.8 Å². The van der Waals surface area contributed by atoms with E-state index in [2.05, 4.69) is 11.1 Å². The van der Waals surface area contributed by atoms with Gasteiger partial charge in [-0.1, -0.05) is 18.2 Å². The van der Waals surface area contributed by atoms with Crippen LogP contribution in [0.25, 0.3) is 22.3 Å². The number of anilines is 1. The smallest absolute Gasteiger partial charge is 0.269 e. The van der Waals surface area contributed by atoms with Crippen LogP contribution < -0.4 is 10.5 Å². The molecular weight excluding hydrogens is 344 g/mol. The predicted octanol–water partition coefficient (Wildman–Crippen LogP) is 4.09. The third kappa shape index (κ3) is 3.16. The number of nitro benzene ring substituents is 1. The molecule has 0 aliphatic carbocycles. The normalized spacial score (nSPS) is 10.3. The summed E-state index contributed by atoms with van der Waals surface area (Å²) < 4.78 is 5.47. The van der Waals surface area contributed by atoms with Crippen LogP contribution in [0.4, 0.5) is 11.5 Å². The molecule has 0 aliphatic heterocycles. The number of nitro groups is 1. The van der Waals surface area contributed by atoms with Gasteiger partial charge in [-0.3, -0.25) is 10.1 Å².